The number of halogens is 1. The summed E-state index contributed by atoms with van der Waals surface area (Å²) in [5.74, 6) is 0.217. The van der Waals surface area contributed by atoms with E-state index < -0.39 is 0 Å². The molecule has 0 unspecified atom stereocenters. The van der Waals surface area contributed by atoms with E-state index in [1.165, 1.54) is 11.3 Å². The number of hydrogen-bond acceptors (Lipinski definition) is 5. The number of hydrogen-bond donors (Lipinski definition) is 0. The summed E-state index contributed by atoms with van der Waals surface area (Å²) in [6.45, 7) is 1.58. The lowest BCUT2D eigenvalue weighted by Gasteiger charge is -2.12. The summed E-state index contributed by atoms with van der Waals surface area (Å²) in [7, 11) is 0. The average Bonchev–Trinajstić information content (AvgIpc) is 3.24. The van der Waals surface area contributed by atoms with E-state index in [2.05, 4.69) is 31.2 Å². The minimum absolute atomic E-state index is 0.0855. The molecular formula is C14H12BrN5OS. The Hall–Kier alpha value is -1.80. The van der Waals surface area contributed by atoms with Crippen LogP contribution in [0.3, 0.4) is 0 Å². The van der Waals surface area contributed by atoms with Gasteiger partial charge in [-0.3, -0.25) is 4.79 Å². The van der Waals surface area contributed by atoms with Gasteiger partial charge in [0.25, 0.3) is 5.91 Å². The van der Waals surface area contributed by atoms with Gasteiger partial charge in [0.2, 0.25) is 10.8 Å². The number of benzene rings is 1. The van der Waals surface area contributed by atoms with Crippen LogP contribution >= 0.6 is 27.3 Å². The molecule has 0 bridgehead atoms. The van der Waals surface area contributed by atoms with E-state index in [0.29, 0.717) is 10.8 Å². The number of carbonyl (C=O) groups is 1. The first kappa shape index (κ1) is 13.8. The molecule has 1 aliphatic rings. The maximum atomic E-state index is 12.5. The third-order valence-electron chi connectivity index (χ3n) is 3.67. The zero-order valence-electron chi connectivity index (χ0n) is 11.6. The van der Waals surface area contributed by atoms with Crippen molar-refractivity contribution in [2.24, 2.45) is 0 Å². The molecule has 22 heavy (non-hydrogen) atoms. The van der Waals surface area contributed by atoms with Gasteiger partial charge in [-0.1, -0.05) is 39.4 Å². The molecule has 0 spiro atoms. The van der Waals surface area contributed by atoms with Crippen LogP contribution in [0.2, 0.25) is 0 Å². The van der Waals surface area contributed by atoms with Crippen molar-refractivity contribution in [3.05, 3.63) is 34.6 Å². The van der Waals surface area contributed by atoms with E-state index >= 15 is 0 Å². The fourth-order valence-electron chi connectivity index (χ4n) is 2.52. The standard InChI is InChI=1S/C14H12BrN5OS/c15-10-5-3-9(4-6-10)12-18-20-11(16-17-14(20)22-12)13(21)19-7-1-2-8-19/h3-6H,1-2,7-8H2. The van der Waals surface area contributed by atoms with Crippen LogP contribution in [-0.2, 0) is 0 Å². The predicted molar refractivity (Wildman–Crippen MR) is 86.9 cm³/mol. The first-order valence-corrected chi connectivity index (χ1v) is 8.61. The molecule has 3 heterocycles. The Morgan fingerprint density at radius 3 is 2.59 bits per heavy atom. The summed E-state index contributed by atoms with van der Waals surface area (Å²) in [5.41, 5.74) is 0.998. The van der Waals surface area contributed by atoms with Crippen LogP contribution in [0.15, 0.2) is 28.7 Å². The van der Waals surface area contributed by atoms with Crippen molar-refractivity contribution in [1.29, 1.82) is 0 Å². The highest BCUT2D eigenvalue weighted by Gasteiger charge is 2.25. The molecule has 1 saturated heterocycles. The Bertz CT molecular complexity index is 835. The zero-order valence-corrected chi connectivity index (χ0v) is 14.0. The quantitative estimate of drug-likeness (QED) is 0.688. The van der Waals surface area contributed by atoms with Gasteiger partial charge in [-0.2, -0.15) is 9.61 Å². The highest BCUT2D eigenvalue weighted by Crippen LogP contribution is 2.27. The fourth-order valence-corrected chi connectivity index (χ4v) is 3.63. The molecule has 0 atom stereocenters. The van der Waals surface area contributed by atoms with E-state index in [4.69, 9.17) is 0 Å². The van der Waals surface area contributed by atoms with Gasteiger partial charge in [-0.25, -0.2) is 0 Å². The molecule has 0 N–H and O–H groups in total. The number of aromatic nitrogens is 4. The van der Waals surface area contributed by atoms with Gasteiger partial charge in [-0.15, -0.1) is 10.2 Å². The van der Waals surface area contributed by atoms with Crippen molar-refractivity contribution in [3.63, 3.8) is 0 Å². The Morgan fingerprint density at radius 2 is 1.86 bits per heavy atom. The van der Waals surface area contributed by atoms with Gasteiger partial charge in [0.15, 0.2) is 0 Å². The van der Waals surface area contributed by atoms with Crippen LogP contribution < -0.4 is 0 Å². The molecule has 0 aliphatic carbocycles. The molecule has 1 aromatic carbocycles. The van der Waals surface area contributed by atoms with Crippen molar-refractivity contribution < 1.29 is 4.79 Å². The molecule has 1 aliphatic heterocycles. The van der Waals surface area contributed by atoms with Gasteiger partial charge >= 0.3 is 0 Å². The van der Waals surface area contributed by atoms with Gasteiger partial charge < -0.3 is 4.90 Å². The lowest BCUT2D eigenvalue weighted by molar-refractivity contribution is 0.0778. The maximum absolute atomic E-state index is 12.5. The van der Waals surface area contributed by atoms with Crippen molar-refractivity contribution >= 4 is 38.1 Å². The molecule has 8 heteroatoms. The first-order valence-electron chi connectivity index (χ1n) is 7.00. The summed E-state index contributed by atoms with van der Waals surface area (Å²) in [6.07, 6.45) is 2.10. The number of rotatable bonds is 2. The van der Waals surface area contributed by atoms with Crippen LogP contribution in [0.5, 0.6) is 0 Å². The maximum Gasteiger partial charge on any atom is 0.293 e. The second-order valence-electron chi connectivity index (χ2n) is 5.13. The Labute approximate surface area is 138 Å². The normalized spacial score (nSPS) is 14.9. The van der Waals surface area contributed by atoms with E-state index in [9.17, 15) is 4.79 Å². The molecular weight excluding hydrogens is 366 g/mol. The number of carbonyl (C=O) groups excluding carboxylic acids is 1. The number of fused-ring (bicyclic) bond motifs is 1. The summed E-state index contributed by atoms with van der Waals surface area (Å²) >= 11 is 4.85. The Kier molecular flexibility index (Phi) is 3.42. The van der Waals surface area contributed by atoms with E-state index in [-0.39, 0.29) is 5.91 Å². The molecule has 0 radical (unpaired) electrons. The largest absolute Gasteiger partial charge is 0.336 e. The molecule has 1 amide bonds. The minimum Gasteiger partial charge on any atom is -0.336 e. The third kappa shape index (κ3) is 2.32. The third-order valence-corrected chi connectivity index (χ3v) is 5.14. The highest BCUT2D eigenvalue weighted by atomic mass is 79.9. The first-order chi connectivity index (χ1) is 10.7. The van der Waals surface area contributed by atoms with E-state index in [1.54, 1.807) is 4.52 Å². The van der Waals surface area contributed by atoms with Gasteiger partial charge in [-0.05, 0) is 25.0 Å². The second-order valence-corrected chi connectivity index (χ2v) is 7.00. The van der Waals surface area contributed by atoms with Crippen LogP contribution in [-0.4, -0.2) is 43.7 Å². The molecule has 2 aromatic heterocycles. The average molecular weight is 378 g/mol. The molecule has 112 valence electrons. The number of nitrogens with zero attached hydrogens (tertiary/aromatic N) is 5. The van der Waals surface area contributed by atoms with Crippen LogP contribution in [0.4, 0.5) is 0 Å². The van der Waals surface area contributed by atoms with Crippen molar-refractivity contribution in [2.75, 3.05) is 13.1 Å². The van der Waals surface area contributed by atoms with E-state index in [0.717, 1.165) is 41.0 Å². The highest BCUT2D eigenvalue weighted by molar-refractivity contribution is 9.10. The van der Waals surface area contributed by atoms with Crippen molar-refractivity contribution in [3.8, 4) is 10.6 Å². The predicted octanol–water partition coefficient (Wildman–Crippen LogP) is 2.85. The van der Waals surface area contributed by atoms with Gasteiger partial charge in [0.1, 0.15) is 5.01 Å². The van der Waals surface area contributed by atoms with Crippen LogP contribution in [0.1, 0.15) is 23.5 Å². The zero-order chi connectivity index (χ0) is 15.1. The SMILES string of the molecule is O=C(c1nnc2sc(-c3ccc(Br)cc3)nn12)N1CCCC1. The monoisotopic (exact) mass is 377 g/mol. The summed E-state index contributed by atoms with van der Waals surface area (Å²) < 4.78 is 2.58. The number of amides is 1. The van der Waals surface area contributed by atoms with E-state index in [1.807, 2.05) is 29.2 Å². The topological polar surface area (TPSA) is 63.4 Å². The van der Waals surface area contributed by atoms with Crippen molar-refractivity contribution in [2.45, 2.75) is 12.8 Å². The fraction of sp³-hybridized carbons (Fsp3) is 0.286. The minimum atomic E-state index is -0.0855. The van der Waals surface area contributed by atoms with Gasteiger partial charge in [0, 0.05) is 23.1 Å². The van der Waals surface area contributed by atoms with Crippen molar-refractivity contribution in [1.82, 2.24) is 24.7 Å². The summed E-state index contributed by atoms with van der Waals surface area (Å²) in [6, 6.07) is 7.90. The lowest BCUT2D eigenvalue weighted by Crippen LogP contribution is -2.29. The Balaban J connectivity index is 1.72. The molecule has 1 fully saturated rings. The smallest absolute Gasteiger partial charge is 0.293 e. The summed E-state index contributed by atoms with van der Waals surface area (Å²) in [5, 5.41) is 13.4. The number of likely N-dealkylation sites (tertiary alicyclic amines) is 1. The Morgan fingerprint density at radius 1 is 1.14 bits per heavy atom. The molecule has 4 rings (SSSR count). The van der Waals surface area contributed by atoms with Crippen LogP contribution in [0, 0.1) is 0 Å². The second kappa shape index (κ2) is 5.44. The molecule has 3 aromatic rings. The summed E-state index contributed by atoms with van der Waals surface area (Å²) in [4.78, 5) is 14.9. The molecule has 0 saturated carbocycles. The molecule has 6 nitrogen and oxygen atoms in total. The lowest BCUT2D eigenvalue weighted by atomic mass is 10.2. The van der Waals surface area contributed by atoms with Gasteiger partial charge in [0.05, 0.1) is 0 Å². The van der Waals surface area contributed by atoms with Crippen LogP contribution in [0.25, 0.3) is 15.5 Å².